The van der Waals surface area contributed by atoms with Gasteiger partial charge in [0.2, 0.25) is 5.28 Å². The second-order valence-corrected chi connectivity index (χ2v) is 5.19. The van der Waals surface area contributed by atoms with E-state index in [0.29, 0.717) is 11.0 Å². The maximum absolute atomic E-state index is 10.1. The minimum atomic E-state index is -1.41. The number of nitrogens with two attached hydrogens (primary N) is 1. The van der Waals surface area contributed by atoms with Crippen LogP contribution in [0.1, 0.15) is 12.6 Å². The number of terminal acetylenes is 1. The number of nitrogen functional groups attached to an aromatic ring is 1. The standard InChI is InChI=1S/C13H13ClN4O3/c1-2-13(6-19)8(20)5-9(21-13)18-4-3-7-10(15)16-12(14)17-11(7)18/h1,3-4,8-9,19-20H,5-6H2,(H2,15,16,17)/t8-,9+,13+/m0/s1. The third-order valence-corrected chi connectivity index (χ3v) is 3.84. The summed E-state index contributed by atoms with van der Waals surface area (Å²) in [7, 11) is 0. The second-order valence-electron chi connectivity index (χ2n) is 4.85. The van der Waals surface area contributed by atoms with Gasteiger partial charge in [-0.05, 0) is 17.7 Å². The van der Waals surface area contributed by atoms with E-state index in [1.54, 1.807) is 16.8 Å². The van der Waals surface area contributed by atoms with Gasteiger partial charge in [-0.15, -0.1) is 6.42 Å². The summed E-state index contributed by atoms with van der Waals surface area (Å²) >= 11 is 5.82. The van der Waals surface area contributed by atoms with Crippen molar-refractivity contribution >= 4 is 28.5 Å². The van der Waals surface area contributed by atoms with Gasteiger partial charge in [0.15, 0.2) is 5.60 Å². The van der Waals surface area contributed by atoms with Crippen molar-refractivity contribution in [3.05, 3.63) is 17.5 Å². The van der Waals surface area contributed by atoms with Crippen molar-refractivity contribution in [1.29, 1.82) is 0 Å². The molecule has 0 aliphatic carbocycles. The van der Waals surface area contributed by atoms with E-state index in [1.165, 1.54) is 0 Å². The monoisotopic (exact) mass is 308 g/mol. The highest BCUT2D eigenvalue weighted by Crippen LogP contribution is 2.38. The molecule has 0 amide bonds. The molecule has 0 aromatic carbocycles. The highest BCUT2D eigenvalue weighted by atomic mass is 35.5. The molecule has 3 heterocycles. The lowest BCUT2D eigenvalue weighted by molar-refractivity contribution is -0.0890. The average molecular weight is 309 g/mol. The summed E-state index contributed by atoms with van der Waals surface area (Å²) in [6, 6.07) is 1.73. The number of halogens is 1. The summed E-state index contributed by atoms with van der Waals surface area (Å²) in [6.07, 6.45) is 5.74. The number of aliphatic hydroxyl groups is 2. The summed E-state index contributed by atoms with van der Waals surface area (Å²) in [5.74, 6) is 2.58. The summed E-state index contributed by atoms with van der Waals surface area (Å²) in [5, 5.41) is 20.1. The number of aromatic nitrogens is 3. The summed E-state index contributed by atoms with van der Waals surface area (Å²) in [5.41, 5.74) is 4.86. The lowest BCUT2D eigenvalue weighted by atomic mass is 9.99. The first kappa shape index (κ1) is 14.1. The lowest BCUT2D eigenvalue weighted by Gasteiger charge is -2.23. The third-order valence-electron chi connectivity index (χ3n) is 3.67. The van der Waals surface area contributed by atoms with Crippen molar-refractivity contribution in [3.63, 3.8) is 0 Å². The number of aliphatic hydroxyl groups excluding tert-OH is 2. The van der Waals surface area contributed by atoms with E-state index in [9.17, 15) is 10.2 Å². The zero-order chi connectivity index (χ0) is 15.2. The second kappa shape index (κ2) is 4.86. The van der Waals surface area contributed by atoms with Crippen LogP contribution in [0.2, 0.25) is 5.28 Å². The van der Waals surface area contributed by atoms with Gasteiger partial charge < -0.3 is 25.3 Å². The Balaban J connectivity index is 2.05. The van der Waals surface area contributed by atoms with Gasteiger partial charge in [0.1, 0.15) is 23.8 Å². The number of anilines is 1. The fourth-order valence-corrected chi connectivity index (χ4v) is 2.67. The van der Waals surface area contributed by atoms with Crippen LogP contribution in [0.15, 0.2) is 12.3 Å². The fourth-order valence-electron chi connectivity index (χ4n) is 2.50. The van der Waals surface area contributed by atoms with Crippen LogP contribution in [-0.2, 0) is 4.74 Å². The summed E-state index contributed by atoms with van der Waals surface area (Å²) in [4.78, 5) is 8.00. The predicted molar refractivity (Wildman–Crippen MR) is 76.3 cm³/mol. The van der Waals surface area contributed by atoms with E-state index in [2.05, 4.69) is 15.9 Å². The normalized spacial score (nSPS) is 28.9. The van der Waals surface area contributed by atoms with Crippen molar-refractivity contribution in [3.8, 4) is 12.3 Å². The van der Waals surface area contributed by atoms with E-state index in [-0.39, 0.29) is 17.5 Å². The molecule has 7 nitrogen and oxygen atoms in total. The average Bonchev–Trinajstić information content (AvgIpc) is 3.00. The quantitative estimate of drug-likeness (QED) is 0.544. The zero-order valence-electron chi connectivity index (χ0n) is 10.9. The molecule has 110 valence electrons. The Hall–Kier alpha value is -1.85. The van der Waals surface area contributed by atoms with E-state index >= 15 is 0 Å². The number of hydrogen-bond acceptors (Lipinski definition) is 6. The van der Waals surface area contributed by atoms with Gasteiger partial charge in [-0.1, -0.05) is 5.92 Å². The predicted octanol–water partition coefficient (Wildman–Crippen LogP) is 0.311. The van der Waals surface area contributed by atoms with Gasteiger partial charge >= 0.3 is 0 Å². The Bertz CT molecular complexity index is 741. The first-order chi connectivity index (χ1) is 10.0. The van der Waals surface area contributed by atoms with Crippen LogP contribution in [0.25, 0.3) is 11.0 Å². The molecule has 0 unspecified atom stereocenters. The van der Waals surface area contributed by atoms with Crippen LogP contribution in [0, 0.1) is 12.3 Å². The molecular formula is C13H13ClN4O3. The van der Waals surface area contributed by atoms with Crippen molar-refractivity contribution in [2.75, 3.05) is 12.3 Å². The van der Waals surface area contributed by atoms with Crippen LogP contribution < -0.4 is 5.73 Å². The van der Waals surface area contributed by atoms with Crippen LogP contribution in [0.5, 0.6) is 0 Å². The molecule has 1 fully saturated rings. The molecule has 8 heteroatoms. The van der Waals surface area contributed by atoms with Gasteiger partial charge in [0, 0.05) is 12.6 Å². The molecule has 0 radical (unpaired) electrons. The van der Waals surface area contributed by atoms with Crippen molar-refractivity contribution in [2.45, 2.75) is 24.4 Å². The number of nitrogens with zero attached hydrogens (tertiary/aromatic N) is 3. The molecule has 1 saturated heterocycles. The third kappa shape index (κ3) is 2.04. The van der Waals surface area contributed by atoms with Crippen LogP contribution in [-0.4, -0.2) is 43.1 Å². The molecule has 2 aromatic rings. The summed E-state index contributed by atoms with van der Waals surface area (Å²) < 4.78 is 7.34. The van der Waals surface area contributed by atoms with Gasteiger partial charge in [0.05, 0.1) is 12.0 Å². The highest BCUT2D eigenvalue weighted by Gasteiger charge is 2.47. The molecule has 4 N–H and O–H groups in total. The number of ether oxygens (including phenoxy) is 1. The van der Waals surface area contributed by atoms with Crippen LogP contribution in [0.4, 0.5) is 5.82 Å². The lowest BCUT2D eigenvalue weighted by Crippen LogP contribution is -2.41. The molecule has 0 spiro atoms. The maximum Gasteiger partial charge on any atom is 0.226 e. The number of fused-ring (bicyclic) bond motifs is 1. The highest BCUT2D eigenvalue weighted by molar-refractivity contribution is 6.28. The van der Waals surface area contributed by atoms with Crippen molar-refractivity contribution in [1.82, 2.24) is 14.5 Å². The maximum atomic E-state index is 10.1. The van der Waals surface area contributed by atoms with E-state index in [0.717, 1.165) is 0 Å². The fraction of sp³-hybridized carbons (Fsp3) is 0.385. The molecule has 1 aliphatic heterocycles. The Morgan fingerprint density at radius 2 is 2.38 bits per heavy atom. The summed E-state index contributed by atoms with van der Waals surface area (Å²) in [6.45, 7) is -0.474. The largest absolute Gasteiger partial charge is 0.392 e. The molecule has 3 atom stereocenters. The van der Waals surface area contributed by atoms with E-state index < -0.39 is 24.5 Å². The Morgan fingerprint density at radius 1 is 1.62 bits per heavy atom. The number of rotatable bonds is 2. The Kier molecular flexibility index (Phi) is 3.26. The number of hydrogen-bond donors (Lipinski definition) is 3. The van der Waals surface area contributed by atoms with Crippen LogP contribution in [0.3, 0.4) is 0 Å². The van der Waals surface area contributed by atoms with Crippen molar-refractivity contribution < 1.29 is 14.9 Å². The Morgan fingerprint density at radius 3 is 3.00 bits per heavy atom. The molecular weight excluding hydrogens is 296 g/mol. The van der Waals surface area contributed by atoms with Crippen molar-refractivity contribution in [2.24, 2.45) is 0 Å². The molecule has 21 heavy (non-hydrogen) atoms. The molecule has 0 bridgehead atoms. The zero-order valence-corrected chi connectivity index (χ0v) is 11.7. The van der Waals surface area contributed by atoms with Gasteiger partial charge in [-0.2, -0.15) is 4.98 Å². The minimum Gasteiger partial charge on any atom is -0.392 e. The van der Waals surface area contributed by atoms with Gasteiger partial charge in [-0.25, -0.2) is 4.98 Å². The van der Waals surface area contributed by atoms with E-state index in [1.807, 2.05) is 0 Å². The molecule has 2 aromatic heterocycles. The topological polar surface area (TPSA) is 106 Å². The molecule has 3 rings (SSSR count). The minimum absolute atomic E-state index is 0.0175. The van der Waals surface area contributed by atoms with Gasteiger partial charge in [-0.3, -0.25) is 0 Å². The first-order valence-corrected chi connectivity index (χ1v) is 6.62. The SMILES string of the molecule is C#C[C@]1(CO)O[C@@H](n2ccc3c(N)nc(Cl)nc32)C[C@@H]1O. The smallest absolute Gasteiger partial charge is 0.226 e. The van der Waals surface area contributed by atoms with Crippen LogP contribution >= 0.6 is 11.6 Å². The first-order valence-electron chi connectivity index (χ1n) is 6.25. The molecule has 1 aliphatic rings. The molecule has 0 saturated carbocycles. The van der Waals surface area contributed by atoms with E-state index in [4.69, 9.17) is 28.5 Å². The Labute approximate surface area is 125 Å². The van der Waals surface area contributed by atoms with Gasteiger partial charge in [0.25, 0.3) is 0 Å².